The van der Waals surface area contributed by atoms with Gasteiger partial charge in [0.1, 0.15) is 5.69 Å². The maximum absolute atomic E-state index is 6.22. The van der Waals surface area contributed by atoms with Crippen molar-refractivity contribution in [3.63, 3.8) is 0 Å². The fourth-order valence-electron chi connectivity index (χ4n) is 3.81. The van der Waals surface area contributed by atoms with Crippen LogP contribution in [0.15, 0.2) is 6.20 Å². The summed E-state index contributed by atoms with van der Waals surface area (Å²) in [6, 6.07) is 0.206. The van der Waals surface area contributed by atoms with Gasteiger partial charge in [-0.25, -0.2) is 9.67 Å². The Morgan fingerprint density at radius 3 is 3.07 bits per heavy atom. The SMILES string of the molecule is Cc1c2c(nn1[C@@H]1CCCCOC1)OCCCn1nc(Cl)c3cnc(nc31)N2. The van der Waals surface area contributed by atoms with Crippen LogP contribution in [-0.2, 0) is 11.3 Å². The molecule has 0 amide bonds. The van der Waals surface area contributed by atoms with Crippen LogP contribution in [0, 0.1) is 6.92 Å². The van der Waals surface area contributed by atoms with Crippen molar-refractivity contribution in [2.24, 2.45) is 0 Å². The highest BCUT2D eigenvalue weighted by Gasteiger charge is 2.24. The van der Waals surface area contributed by atoms with E-state index in [0.29, 0.717) is 42.4 Å². The minimum atomic E-state index is 0.206. The van der Waals surface area contributed by atoms with Crippen molar-refractivity contribution in [2.45, 2.75) is 45.2 Å². The number of aromatic nitrogens is 6. The molecule has 5 heterocycles. The second kappa shape index (κ2) is 7.21. The van der Waals surface area contributed by atoms with Crippen molar-refractivity contribution >= 4 is 34.3 Å². The number of hydrogen-bond acceptors (Lipinski definition) is 7. The van der Waals surface area contributed by atoms with Crippen molar-refractivity contribution in [3.8, 4) is 5.88 Å². The number of fused-ring (bicyclic) bond motifs is 2. The molecule has 1 saturated heterocycles. The van der Waals surface area contributed by atoms with Gasteiger partial charge in [0.05, 0.1) is 30.3 Å². The predicted molar refractivity (Wildman–Crippen MR) is 104 cm³/mol. The fraction of sp³-hybridized carbons (Fsp3) is 0.556. The molecule has 148 valence electrons. The van der Waals surface area contributed by atoms with Gasteiger partial charge in [-0.1, -0.05) is 11.6 Å². The summed E-state index contributed by atoms with van der Waals surface area (Å²) in [5.41, 5.74) is 2.50. The molecule has 0 spiro atoms. The van der Waals surface area contributed by atoms with Crippen LogP contribution in [0.25, 0.3) is 11.0 Å². The van der Waals surface area contributed by atoms with Crippen LogP contribution in [0.3, 0.4) is 0 Å². The summed E-state index contributed by atoms with van der Waals surface area (Å²) in [5, 5.41) is 13.6. The van der Waals surface area contributed by atoms with E-state index in [4.69, 9.17) is 26.2 Å². The molecule has 1 atom stereocenters. The van der Waals surface area contributed by atoms with Gasteiger partial charge in [-0.2, -0.15) is 10.1 Å². The summed E-state index contributed by atoms with van der Waals surface area (Å²) in [7, 11) is 0. The largest absolute Gasteiger partial charge is 0.475 e. The highest BCUT2D eigenvalue weighted by molar-refractivity contribution is 6.34. The van der Waals surface area contributed by atoms with Gasteiger partial charge in [0, 0.05) is 25.8 Å². The molecule has 1 fully saturated rings. The van der Waals surface area contributed by atoms with E-state index in [9.17, 15) is 0 Å². The monoisotopic (exact) mass is 403 g/mol. The zero-order valence-corrected chi connectivity index (χ0v) is 16.4. The lowest BCUT2D eigenvalue weighted by molar-refractivity contribution is 0.113. The van der Waals surface area contributed by atoms with Crippen molar-refractivity contribution < 1.29 is 9.47 Å². The number of anilines is 2. The lowest BCUT2D eigenvalue weighted by Gasteiger charge is -2.16. The predicted octanol–water partition coefficient (Wildman–Crippen LogP) is 3.25. The summed E-state index contributed by atoms with van der Waals surface area (Å²) < 4.78 is 15.6. The van der Waals surface area contributed by atoms with Crippen LogP contribution in [0.4, 0.5) is 11.6 Å². The molecule has 9 nitrogen and oxygen atoms in total. The summed E-state index contributed by atoms with van der Waals surface area (Å²) in [6.45, 7) is 4.70. The molecule has 3 aromatic heterocycles. The van der Waals surface area contributed by atoms with E-state index >= 15 is 0 Å². The molecule has 0 saturated carbocycles. The molecule has 28 heavy (non-hydrogen) atoms. The van der Waals surface area contributed by atoms with Gasteiger partial charge in [0.2, 0.25) is 5.95 Å². The van der Waals surface area contributed by atoms with E-state index in [1.54, 1.807) is 10.9 Å². The third kappa shape index (κ3) is 3.08. The minimum Gasteiger partial charge on any atom is -0.475 e. The molecule has 0 unspecified atom stereocenters. The van der Waals surface area contributed by atoms with Crippen molar-refractivity contribution in [1.82, 2.24) is 29.5 Å². The number of rotatable bonds is 1. The van der Waals surface area contributed by atoms with Crippen LogP contribution in [0.2, 0.25) is 5.15 Å². The zero-order chi connectivity index (χ0) is 19.1. The topological polar surface area (TPSA) is 91.9 Å². The number of nitrogens with zero attached hydrogens (tertiary/aromatic N) is 6. The lowest BCUT2D eigenvalue weighted by atomic mass is 10.1. The van der Waals surface area contributed by atoms with E-state index < -0.39 is 0 Å². The Balaban J connectivity index is 1.56. The maximum Gasteiger partial charge on any atom is 0.257 e. The second-order valence-corrected chi connectivity index (χ2v) is 7.56. The molecule has 3 aromatic rings. The van der Waals surface area contributed by atoms with Gasteiger partial charge in [0.15, 0.2) is 10.8 Å². The van der Waals surface area contributed by atoms with Gasteiger partial charge in [-0.05, 0) is 26.2 Å². The van der Waals surface area contributed by atoms with Crippen molar-refractivity contribution in [1.29, 1.82) is 0 Å². The Labute approximate surface area is 167 Å². The molecule has 0 radical (unpaired) electrons. The van der Waals surface area contributed by atoms with Gasteiger partial charge in [0.25, 0.3) is 5.88 Å². The molecule has 0 aliphatic carbocycles. The standard InChI is InChI=1S/C18H22ClN7O2/c1-11-14-17(24-26(11)12-5-2-3-7-27-10-12)28-8-4-6-25-16-13(15(19)23-25)9-20-18(21-14)22-16/h9,12H,2-8,10H2,1H3,(H,20,21,22)/t12-/m1/s1. The third-order valence-electron chi connectivity index (χ3n) is 5.28. The first-order chi connectivity index (χ1) is 13.7. The van der Waals surface area contributed by atoms with E-state index in [1.807, 2.05) is 11.6 Å². The Kier molecular flexibility index (Phi) is 4.56. The first kappa shape index (κ1) is 17.7. The van der Waals surface area contributed by atoms with Crippen LogP contribution < -0.4 is 10.1 Å². The average Bonchev–Trinajstić information content (AvgIpc) is 3.01. The Hall–Kier alpha value is -2.39. The number of nitrogens with one attached hydrogen (secondary N) is 1. The van der Waals surface area contributed by atoms with Crippen molar-refractivity contribution in [2.75, 3.05) is 25.1 Å². The van der Waals surface area contributed by atoms with Crippen LogP contribution >= 0.6 is 11.6 Å². The van der Waals surface area contributed by atoms with Gasteiger partial charge in [-0.15, -0.1) is 5.10 Å². The Bertz CT molecular complexity index is 1010. The number of aryl methyl sites for hydroxylation is 1. The minimum absolute atomic E-state index is 0.206. The summed E-state index contributed by atoms with van der Waals surface area (Å²) >= 11 is 6.22. The molecule has 2 bridgehead atoms. The lowest BCUT2D eigenvalue weighted by Crippen LogP contribution is -2.17. The van der Waals surface area contributed by atoms with Crippen LogP contribution in [-0.4, -0.2) is 49.3 Å². The van der Waals surface area contributed by atoms with E-state index in [2.05, 4.69) is 20.4 Å². The van der Waals surface area contributed by atoms with Crippen molar-refractivity contribution in [3.05, 3.63) is 17.0 Å². The maximum atomic E-state index is 6.22. The number of halogens is 1. The molecular weight excluding hydrogens is 382 g/mol. The highest BCUT2D eigenvalue weighted by atomic mass is 35.5. The normalized spacial score (nSPS) is 20.1. The van der Waals surface area contributed by atoms with E-state index in [-0.39, 0.29) is 6.04 Å². The average molecular weight is 404 g/mol. The van der Waals surface area contributed by atoms with Gasteiger partial charge < -0.3 is 14.8 Å². The summed E-state index contributed by atoms with van der Waals surface area (Å²) in [5.74, 6) is 1.04. The number of hydrogen-bond donors (Lipinski definition) is 1. The first-order valence-corrected chi connectivity index (χ1v) is 10.0. The molecule has 0 aromatic carbocycles. The Morgan fingerprint density at radius 1 is 1.21 bits per heavy atom. The van der Waals surface area contributed by atoms with Gasteiger partial charge in [-0.3, -0.25) is 4.68 Å². The van der Waals surface area contributed by atoms with Crippen LogP contribution in [0.1, 0.15) is 37.4 Å². The molecule has 5 rings (SSSR count). The summed E-state index contributed by atoms with van der Waals surface area (Å²) in [6.07, 6.45) is 5.74. The van der Waals surface area contributed by atoms with E-state index in [1.165, 1.54) is 0 Å². The quantitative estimate of drug-likeness (QED) is 0.666. The number of ether oxygens (including phenoxy) is 2. The highest BCUT2D eigenvalue weighted by Crippen LogP contribution is 2.34. The zero-order valence-electron chi connectivity index (χ0n) is 15.7. The van der Waals surface area contributed by atoms with E-state index in [0.717, 1.165) is 49.1 Å². The van der Waals surface area contributed by atoms with Crippen LogP contribution in [0.5, 0.6) is 5.88 Å². The third-order valence-corrected chi connectivity index (χ3v) is 5.56. The summed E-state index contributed by atoms with van der Waals surface area (Å²) in [4.78, 5) is 9.04. The van der Waals surface area contributed by atoms with Gasteiger partial charge >= 0.3 is 0 Å². The first-order valence-electron chi connectivity index (χ1n) is 9.66. The molecule has 2 aliphatic heterocycles. The molecule has 10 heteroatoms. The smallest absolute Gasteiger partial charge is 0.257 e. The molecule has 1 N–H and O–H groups in total. The molecular formula is C18H22ClN7O2. The molecule has 2 aliphatic rings. The Morgan fingerprint density at radius 2 is 2.14 bits per heavy atom. The second-order valence-electron chi connectivity index (χ2n) is 7.21. The fourth-order valence-corrected chi connectivity index (χ4v) is 4.03.